The zero-order valence-corrected chi connectivity index (χ0v) is 21.1. The molecule has 10 heteroatoms. The molecule has 36 heavy (non-hydrogen) atoms. The van der Waals surface area contributed by atoms with E-state index in [1.807, 2.05) is 42.5 Å². The average molecular weight is 523 g/mol. The maximum atomic E-state index is 12.9. The second kappa shape index (κ2) is 10.2. The van der Waals surface area contributed by atoms with Gasteiger partial charge in [-0.25, -0.2) is 4.98 Å². The number of rotatable bonds is 6. The molecule has 3 heterocycles. The van der Waals surface area contributed by atoms with Gasteiger partial charge < -0.3 is 15.5 Å². The van der Waals surface area contributed by atoms with Crippen molar-refractivity contribution in [2.24, 2.45) is 0 Å². The van der Waals surface area contributed by atoms with E-state index in [9.17, 15) is 9.59 Å². The number of nitrogens with one attached hydrogen (secondary N) is 2. The summed E-state index contributed by atoms with van der Waals surface area (Å²) in [4.78, 5) is 30.7. The second-order valence-electron chi connectivity index (χ2n) is 8.73. The first-order valence-corrected chi connectivity index (χ1v) is 12.3. The van der Waals surface area contributed by atoms with Crippen molar-refractivity contribution in [1.29, 1.82) is 0 Å². The quantitative estimate of drug-likeness (QED) is 0.384. The summed E-state index contributed by atoms with van der Waals surface area (Å²) in [5, 5.41) is 11.8. The fraction of sp³-hybridized carbons (Fsp3) is 0.231. The Morgan fingerprint density at radius 2 is 1.89 bits per heavy atom. The Bertz CT molecular complexity index is 1440. The van der Waals surface area contributed by atoms with Gasteiger partial charge >= 0.3 is 0 Å². The number of carbonyl (C=O) groups excluding carboxylic acids is 2. The fourth-order valence-electron chi connectivity index (χ4n) is 4.35. The Morgan fingerprint density at radius 1 is 1.08 bits per heavy atom. The summed E-state index contributed by atoms with van der Waals surface area (Å²) in [7, 11) is 0. The standard InChI is InChI=1S/C26H24Cl2N6O2/c1-16(35)31-21-9-11-33(15-21)26(36)18-4-2-17(3-5-18)23-13-25(34-24(32-23)8-10-30-34)29-14-19-6-7-20(27)12-22(19)28/h2-8,10,12-13,21,29H,9,11,14-15H2,1H3,(H,31,35). The second-order valence-corrected chi connectivity index (χ2v) is 9.58. The summed E-state index contributed by atoms with van der Waals surface area (Å²) in [5.74, 6) is 0.634. The highest BCUT2D eigenvalue weighted by Gasteiger charge is 2.27. The minimum absolute atomic E-state index is 0.00554. The van der Waals surface area contributed by atoms with Gasteiger partial charge in [0.05, 0.1) is 11.9 Å². The van der Waals surface area contributed by atoms with Crippen LogP contribution in [0.1, 0.15) is 29.3 Å². The number of likely N-dealkylation sites (tertiary alicyclic amines) is 1. The maximum Gasteiger partial charge on any atom is 0.253 e. The molecule has 184 valence electrons. The van der Waals surface area contributed by atoms with Gasteiger partial charge in [-0.3, -0.25) is 9.59 Å². The van der Waals surface area contributed by atoms with Crippen LogP contribution in [0.3, 0.4) is 0 Å². The van der Waals surface area contributed by atoms with Crippen molar-refractivity contribution >= 4 is 46.5 Å². The first-order valence-electron chi connectivity index (χ1n) is 11.6. The normalized spacial score (nSPS) is 15.3. The molecule has 1 fully saturated rings. The molecule has 1 atom stereocenters. The van der Waals surface area contributed by atoms with Gasteiger partial charge in [-0.05, 0) is 36.2 Å². The van der Waals surface area contributed by atoms with Crippen LogP contribution in [0.5, 0.6) is 0 Å². The summed E-state index contributed by atoms with van der Waals surface area (Å²) < 4.78 is 1.73. The third kappa shape index (κ3) is 5.15. The Labute approximate surface area is 218 Å². The Morgan fingerprint density at radius 3 is 2.64 bits per heavy atom. The number of amides is 2. The molecular weight excluding hydrogens is 499 g/mol. The van der Waals surface area contributed by atoms with E-state index in [1.54, 1.807) is 27.7 Å². The van der Waals surface area contributed by atoms with Crippen molar-refractivity contribution in [3.8, 4) is 11.3 Å². The molecule has 0 saturated carbocycles. The SMILES string of the molecule is CC(=O)NC1CCN(C(=O)c2ccc(-c3cc(NCc4ccc(Cl)cc4Cl)n4nccc4n3)cc2)C1. The highest BCUT2D eigenvalue weighted by Crippen LogP contribution is 2.26. The predicted molar refractivity (Wildman–Crippen MR) is 140 cm³/mol. The molecule has 2 amide bonds. The van der Waals surface area contributed by atoms with E-state index < -0.39 is 0 Å². The lowest BCUT2D eigenvalue weighted by Gasteiger charge is -2.17. The van der Waals surface area contributed by atoms with E-state index in [4.69, 9.17) is 28.2 Å². The highest BCUT2D eigenvalue weighted by molar-refractivity contribution is 6.35. The van der Waals surface area contributed by atoms with Crippen molar-refractivity contribution in [3.05, 3.63) is 82.0 Å². The van der Waals surface area contributed by atoms with Crippen LogP contribution in [0.2, 0.25) is 10.0 Å². The molecular formula is C26H24Cl2N6O2. The number of aromatic nitrogens is 3. The monoisotopic (exact) mass is 522 g/mol. The number of hydrogen-bond acceptors (Lipinski definition) is 5. The van der Waals surface area contributed by atoms with Gasteiger partial charge in [-0.1, -0.05) is 41.4 Å². The van der Waals surface area contributed by atoms with Crippen molar-refractivity contribution in [1.82, 2.24) is 24.8 Å². The number of fused-ring (bicyclic) bond motifs is 1. The van der Waals surface area contributed by atoms with Crippen LogP contribution in [-0.2, 0) is 11.3 Å². The van der Waals surface area contributed by atoms with E-state index in [-0.39, 0.29) is 17.9 Å². The molecule has 0 radical (unpaired) electrons. The van der Waals surface area contributed by atoms with Gasteiger partial charge in [0.1, 0.15) is 5.82 Å². The maximum absolute atomic E-state index is 12.9. The van der Waals surface area contributed by atoms with Crippen LogP contribution in [-0.4, -0.2) is 50.4 Å². The topological polar surface area (TPSA) is 91.6 Å². The third-order valence-corrected chi connectivity index (χ3v) is 6.73. The number of anilines is 1. The van der Waals surface area contributed by atoms with Crippen molar-refractivity contribution in [2.75, 3.05) is 18.4 Å². The molecule has 1 aliphatic heterocycles. The Kier molecular flexibility index (Phi) is 6.80. The third-order valence-electron chi connectivity index (χ3n) is 6.14. The van der Waals surface area contributed by atoms with Crippen LogP contribution < -0.4 is 10.6 Å². The summed E-state index contributed by atoms with van der Waals surface area (Å²) >= 11 is 12.3. The van der Waals surface area contributed by atoms with Crippen LogP contribution in [0.25, 0.3) is 16.9 Å². The van der Waals surface area contributed by atoms with E-state index in [0.717, 1.165) is 29.1 Å². The molecule has 2 aromatic carbocycles. The minimum atomic E-state index is -0.0774. The van der Waals surface area contributed by atoms with Crippen molar-refractivity contribution < 1.29 is 9.59 Å². The number of benzene rings is 2. The van der Waals surface area contributed by atoms with Gasteiger partial charge in [-0.15, -0.1) is 0 Å². The number of carbonyl (C=O) groups is 2. The van der Waals surface area contributed by atoms with E-state index >= 15 is 0 Å². The van der Waals surface area contributed by atoms with Crippen molar-refractivity contribution in [2.45, 2.75) is 25.9 Å². The summed E-state index contributed by atoms with van der Waals surface area (Å²) in [6, 6.07) is 16.6. The molecule has 8 nitrogen and oxygen atoms in total. The van der Waals surface area contributed by atoms with Crippen LogP contribution >= 0.6 is 23.2 Å². The van der Waals surface area contributed by atoms with Crippen LogP contribution in [0.15, 0.2) is 60.8 Å². The molecule has 5 rings (SSSR count). The van der Waals surface area contributed by atoms with E-state index in [1.165, 1.54) is 6.92 Å². The summed E-state index contributed by atoms with van der Waals surface area (Å²) in [6.07, 6.45) is 2.45. The molecule has 1 saturated heterocycles. The largest absolute Gasteiger partial charge is 0.366 e. The zero-order valence-electron chi connectivity index (χ0n) is 19.5. The number of halogens is 2. The zero-order chi connectivity index (χ0) is 25.2. The van der Waals surface area contributed by atoms with E-state index in [0.29, 0.717) is 40.9 Å². The van der Waals surface area contributed by atoms with Gasteiger partial charge in [0, 0.05) is 65.9 Å². The van der Waals surface area contributed by atoms with Gasteiger partial charge in [0.25, 0.3) is 5.91 Å². The fourth-order valence-corrected chi connectivity index (χ4v) is 4.83. The smallest absolute Gasteiger partial charge is 0.253 e. The molecule has 2 N–H and O–H groups in total. The lowest BCUT2D eigenvalue weighted by atomic mass is 10.1. The molecule has 4 aromatic rings. The van der Waals surface area contributed by atoms with Crippen LogP contribution in [0, 0.1) is 0 Å². The Balaban J connectivity index is 1.34. The minimum Gasteiger partial charge on any atom is -0.366 e. The molecule has 2 aromatic heterocycles. The van der Waals surface area contributed by atoms with Gasteiger partial charge in [-0.2, -0.15) is 9.61 Å². The first-order chi connectivity index (χ1) is 17.4. The number of hydrogen-bond donors (Lipinski definition) is 2. The van der Waals surface area contributed by atoms with Gasteiger partial charge in [0.2, 0.25) is 5.91 Å². The Hall–Kier alpha value is -3.62. The van der Waals surface area contributed by atoms with Crippen LogP contribution in [0.4, 0.5) is 5.82 Å². The summed E-state index contributed by atoms with van der Waals surface area (Å²) in [6.45, 7) is 3.12. The average Bonchev–Trinajstić information content (AvgIpc) is 3.52. The molecule has 1 aliphatic rings. The first kappa shape index (κ1) is 24.1. The van der Waals surface area contributed by atoms with E-state index in [2.05, 4.69) is 15.7 Å². The molecule has 0 bridgehead atoms. The summed E-state index contributed by atoms with van der Waals surface area (Å²) in [5.41, 5.74) is 3.83. The lowest BCUT2D eigenvalue weighted by molar-refractivity contribution is -0.119. The van der Waals surface area contributed by atoms with Gasteiger partial charge in [0.15, 0.2) is 5.65 Å². The molecule has 0 aliphatic carbocycles. The molecule has 1 unspecified atom stereocenters. The van der Waals surface area contributed by atoms with Crippen molar-refractivity contribution in [3.63, 3.8) is 0 Å². The number of nitrogens with zero attached hydrogens (tertiary/aromatic N) is 4. The molecule has 0 spiro atoms. The highest BCUT2D eigenvalue weighted by atomic mass is 35.5. The lowest BCUT2D eigenvalue weighted by Crippen LogP contribution is -2.37. The predicted octanol–water partition coefficient (Wildman–Crippen LogP) is 4.67.